The van der Waals surface area contributed by atoms with Gasteiger partial charge in [0.2, 0.25) is 0 Å². The summed E-state index contributed by atoms with van der Waals surface area (Å²) in [5.74, 6) is 1.91. The van der Waals surface area contributed by atoms with Crippen LogP contribution in [-0.4, -0.2) is 76.1 Å². The maximum absolute atomic E-state index is 4.98. The van der Waals surface area contributed by atoms with E-state index >= 15 is 0 Å². The van der Waals surface area contributed by atoms with Crippen LogP contribution in [0, 0.1) is 0 Å². The van der Waals surface area contributed by atoms with E-state index in [1.807, 2.05) is 24.3 Å². The molecule has 0 spiro atoms. The van der Waals surface area contributed by atoms with E-state index in [4.69, 9.17) is 9.97 Å². The van der Waals surface area contributed by atoms with E-state index in [0.29, 0.717) is 6.04 Å². The molecule has 0 bridgehead atoms. The molecular formula is C25H34N6. The number of hydrogen-bond acceptors (Lipinski definition) is 5. The summed E-state index contributed by atoms with van der Waals surface area (Å²) in [6.45, 7) is 11.6. The summed E-state index contributed by atoms with van der Waals surface area (Å²) in [7, 11) is 0. The van der Waals surface area contributed by atoms with Crippen LogP contribution in [0.5, 0.6) is 0 Å². The van der Waals surface area contributed by atoms with Gasteiger partial charge in [0.05, 0.1) is 11.0 Å². The first-order valence-electron chi connectivity index (χ1n) is 11.8. The molecule has 0 unspecified atom stereocenters. The third kappa shape index (κ3) is 4.46. The van der Waals surface area contributed by atoms with Crippen LogP contribution < -0.4 is 4.90 Å². The Morgan fingerprint density at radius 2 is 1.71 bits per heavy atom. The summed E-state index contributed by atoms with van der Waals surface area (Å²) >= 11 is 0. The lowest BCUT2D eigenvalue weighted by Gasteiger charge is -2.39. The predicted molar refractivity (Wildman–Crippen MR) is 127 cm³/mol. The molecule has 6 nitrogen and oxygen atoms in total. The molecule has 3 aromatic rings. The number of rotatable bonds is 4. The van der Waals surface area contributed by atoms with Crippen LogP contribution in [-0.2, 0) is 0 Å². The number of anilines is 1. The molecule has 6 heteroatoms. The molecule has 1 N–H and O–H groups in total. The number of imidazole rings is 1. The van der Waals surface area contributed by atoms with Gasteiger partial charge in [-0.15, -0.1) is 0 Å². The number of aromatic amines is 1. The number of fused-ring (bicyclic) bond motifs is 1. The topological polar surface area (TPSA) is 51.3 Å². The first-order chi connectivity index (χ1) is 15.2. The summed E-state index contributed by atoms with van der Waals surface area (Å²) in [5.41, 5.74) is 2.95. The molecule has 4 heterocycles. The van der Waals surface area contributed by atoms with Crippen molar-refractivity contribution < 1.29 is 0 Å². The number of hydrogen-bond donors (Lipinski definition) is 1. The number of H-pyrrole nitrogens is 1. The molecule has 5 rings (SSSR count). The second-order valence-corrected chi connectivity index (χ2v) is 9.22. The van der Waals surface area contributed by atoms with E-state index in [-0.39, 0.29) is 0 Å². The number of benzene rings is 1. The number of likely N-dealkylation sites (tertiary alicyclic amines) is 1. The fraction of sp³-hybridized carbons (Fsp3) is 0.520. The highest BCUT2D eigenvalue weighted by Crippen LogP contribution is 2.24. The molecule has 31 heavy (non-hydrogen) atoms. The van der Waals surface area contributed by atoms with Crippen LogP contribution in [0.3, 0.4) is 0 Å². The van der Waals surface area contributed by atoms with Gasteiger partial charge in [-0.2, -0.15) is 0 Å². The van der Waals surface area contributed by atoms with Gasteiger partial charge in [0.25, 0.3) is 0 Å². The maximum atomic E-state index is 4.98. The highest BCUT2D eigenvalue weighted by molar-refractivity contribution is 5.78. The molecule has 164 valence electrons. The summed E-state index contributed by atoms with van der Waals surface area (Å²) in [6, 6.07) is 15.9. The fourth-order valence-electron chi connectivity index (χ4n) is 5.10. The van der Waals surface area contributed by atoms with Crippen molar-refractivity contribution in [3.05, 3.63) is 42.5 Å². The molecule has 0 radical (unpaired) electrons. The molecule has 2 fully saturated rings. The number of aromatic nitrogens is 3. The first-order valence-corrected chi connectivity index (χ1v) is 11.8. The number of nitrogens with zero attached hydrogens (tertiary/aromatic N) is 5. The van der Waals surface area contributed by atoms with Gasteiger partial charge in [0.15, 0.2) is 5.82 Å². The summed E-state index contributed by atoms with van der Waals surface area (Å²) in [4.78, 5) is 20.9. The van der Waals surface area contributed by atoms with Crippen molar-refractivity contribution in [3.63, 3.8) is 0 Å². The molecule has 0 aliphatic carbocycles. The molecular weight excluding hydrogens is 384 g/mol. The number of piperidine rings is 1. The average molecular weight is 419 g/mol. The van der Waals surface area contributed by atoms with Gasteiger partial charge < -0.3 is 14.8 Å². The van der Waals surface area contributed by atoms with Crippen LogP contribution in [0.15, 0.2) is 42.5 Å². The van der Waals surface area contributed by atoms with Crippen molar-refractivity contribution in [3.8, 4) is 11.5 Å². The molecule has 2 aromatic heterocycles. The van der Waals surface area contributed by atoms with Gasteiger partial charge in [-0.3, -0.25) is 4.90 Å². The lowest BCUT2D eigenvalue weighted by atomic mass is 10.0. The summed E-state index contributed by atoms with van der Waals surface area (Å²) in [5, 5.41) is 0. The van der Waals surface area contributed by atoms with Gasteiger partial charge in [-0.05, 0) is 70.5 Å². The minimum absolute atomic E-state index is 0.672. The average Bonchev–Trinajstić information content (AvgIpc) is 3.09. The Hall–Kier alpha value is -2.44. The van der Waals surface area contributed by atoms with Gasteiger partial charge in [-0.1, -0.05) is 18.2 Å². The number of pyridine rings is 1. The van der Waals surface area contributed by atoms with Crippen molar-refractivity contribution in [2.45, 2.75) is 45.2 Å². The van der Waals surface area contributed by atoms with Crippen LogP contribution in [0.2, 0.25) is 0 Å². The summed E-state index contributed by atoms with van der Waals surface area (Å²) in [6.07, 6.45) is 3.80. The second kappa shape index (κ2) is 8.97. The molecule has 2 aliphatic rings. The Morgan fingerprint density at radius 3 is 2.52 bits per heavy atom. The standard InChI is InChI=1S/C25H34N6/c1-19(2)29-15-11-20(12-16-29)30-13-6-14-31(18-17-30)24-10-5-9-23(26-24)25-27-21-7-3-4-8-22(21)28-25/h3-5,7-10,19-20H,6,11-18H2,1-2H3,(H,27,28). The van der Waals surface area contributed by atoms with E-state index in [9.17, 15) is 0 Å². The quantitative estimate of drug-likeness (QED) is 0.694. The van der Waals surface area contributed by atoms with E-state index < -0.39 is 0 Å². The van der Waals surface area contributed by atoms with E-state index in [1.165, 1.54) is 38.9 Å². The lowest BCUT2D eigenvalue weighted by molar-refractivity contribution is 0.0965. The van der Waals surface area contributed by atoms with Gasteiger partial charge in [0, 0.05) is 38.3 Å². The molecule has 1 aromatic carbocycles. The van der Waals surface area contributed by atoms with Crippen molar-refractivity contribution in [2.24, 2.45) is 0 Å². The Kier molecular flexibility index (Phi) is 5.92. The minimum atomic E-state index is 0.672. The second-order valence-electron chi connectivity index (χ2n) is 9.22. The zero-order chi connectivity index (χ0) is 21.2. The third-order valence-corrected chi connectivity index (χ3v) is 6.97. The maximum Gasteiger partial charge on any atom is 0.157 e. The van der Waals surface area contributed by atoms with Gasteiger partial charge in [0.1, 0.15) is 11.5 Å². The molecule has 2 aliphatic heterocycles. The lowest BCUT2D eigenvalue weighted by Crippen LogP contribution is -2.47. The predicted octanol–water partition coefficient (Wildman–Crippen LogP) is 4.01. The highest BCUT2D eigenvalue weighted by Gasteiger charge is 2.27. The largest absolute Gasteiger partial charge is 0.355 e. The van der Waals surface area contributed by atoms with Gasteiger partial charge >= 0.3 is 0 Å². The fourth-order valence-corrected chi connectivity index (χ4v) is 5.10. The van der Waals surface area contributed by atoms with Crippen molar-refractivity contribution >= 4 is 16.9 Å². The first kappa shape index (κ1) is 20.5. The van der Waals surface area contributed by atoms with Crippen molar-refractivity contribution in [1.82, 2.24) is 24.8 Å². The van der Waals surface area contributed by atoms with Crippen LogP contribution in [0.1, 0.15) is 33.1 Å². The Balaban J connectivity index is 1.26. The van der Waals surface area contributed by atoms with Crippen LogP contribution >= 0.6 is 0 Å². The number of para-hydroxylation sites is 2. The molecule has 0 saturated carbocycles. The van der Waals surface area contributed by atoms with Gasteiger partial charge in [-0.25, -0.2) is 9.97 Å². The SMILES string of the molecule is CC(C)N1CCC(N2CCCN(c3cccc(-c4nc5ccccc5[nH]4)n3)CC2)CC1. The van der Waals surface area contributed by atoms with E-state index in [0.717, 1.165) is 54.0 Å². The minimum Gasteiger partial charge on any atom is -0.355 e. The molecule has 2 saturated heterocycles. The highest BCUT2D eigenvalue weighted by atomic mass is 15.3. The van der Waals surface area contributed by atoms with Crippen molar-refractivity contribution in [2.75, 3.05) is 44.2 Å². The molecule has 0 amide bonds. The van der Waals surface area contributed by atoms with Crippen molar-refractivity contribution in [1.29, 1.82) is 0 Å². The third-order valence-electron chi connectivity index (χ3n) is 6.97. The zero-order valence-electron chi connectivity index (χ0n) is 18.8. The Labute approximate surface area is 185 Å². The van der Waals surface area contributed by atoms with Crippen LogP contribution in [0.25, 0.3) is 22.6 Å². The zero-order valence-corrected chi connectivity index (χ0v) is 18.8. The smallest absolute Gasteiger partial charge is 0.157 e. The van der Waals surface area contributed by atoms with E-state index in [2.05, 4.69) is 51.7 Å². The summed E-state index contributed by atoms with van der Waals surface area (Å²) < 4.78 is 0. The molecule has 0 atom stereocenters. The van der Waals surface area contributed by atoms with Crippen LogP contribution in [0.4, 0.5) is 5.82 Å². The Bertz CT molecular complexity index is 971. The normalized spacial score (nSPS) is 19.9. The van der Waals surface area contributed by atoms with E-state index in [1.54, 1.807) is 0 Å². The monoisotopic (exact) mass is 418 g/mol. The number of nitrogens with one attached hydrogen (secondary N) is 1. The Morgan fingerprint density at radius 1 is 0.871 bits per heavy atom.